The number of carboxylic acid groups (broad SMARTS) is 1. The smallest absolute Gasteiger partial charge is 0.308 e. The molecule has 1 aliphatic heterocycles. The second-order valence-corrected chi connectivity index (χ2v) is 4.67. The van der Waals surface area contributed by atoms with Crippen molar-refractivity contribution in [2.45, 2.75) is 19.4 Å². The molecule has 2 rings (SSSR count). The highest BCUT2D eigenvalue weighted by molar-refractivity contribution is 5.77. The molecule has 0 bridgehead atoms. The number of aromatic nitrogens is 2. The van der Waals surface area contributed by atoms with Gasteiger partial charge in [0.1, 0.15) is 18.9 Å². The SMILES string of the molecule is O=C(O)[C@@H]1CCCN(C(=O)Cn2cc([N+](=O)[O-])cn2)C1. The molecule has 108 valence electrons. The quantitative estimate of drug-likeness (QED) is 0.618. The first-order valence-electron chi connectivity index (χ1n) is 6.15. The summed E-state index contributed by atoms with van der Waals surface area (Å²) < 4.78 is 1.19. The number of amides is 1. The van der Waals surface area contributed by atoms with Crippen molar-refractivity contribution in [2.75, 3.05) is 13.1 Å². The van der Waals surface area contributed by atoms with E-state index in [2.05, 4.69) is 5.10 Å². The molecule has 1 saturated heterocycles. The lowest BCUT2D eigenvalue weighted by atomic mass is 9.98. The van der Waals surface area contributed by atoms with Crippen LogP contribution in [0.25, 0.3) is 0 Å². The average Bonchev–Trinajstić information content (AvgIpc) is 2.87. The first-order chi connectivity index (χ1) is 9.47. The summed E-state index contributed by atoms with van der Waals surface area (Å²) in [6.45, 7) is 0.559. The number of carbonyl (C=O) groups is 2. The summed E-state index contributed by atoms with van der Waals surface area (Å²) in [6, 6.07) is 0. The maximum Gasteiger partial charge on any atom is 0.308 e. The van der Waals surface area contributed by atoms with E-state index >= 15 is 0 Å². The fraction of sp³-hybridized carbons (Fsp3) is 0.545. The van der Waals surface area contributed by atoms with Crippen molar-refractivity contribution in [3.8, 4) is 0 Å². The third-order valence-electron chi connectivity index (χ3n) is 3.25. The zero-order valence-corrected chi connectivity index (χ0v) is 10.6. The Kier molecular flexibility index (Phi) is 3.97. The summed E-state index contributed by atoms with van der Waals surface area (Å²) in [7, 11) is 0. The Morgan fingerprint density at radius 1 is 1.55 bits per heavy atom. The van der Waals surface area contributed by atoms with Gasteiger partial charge in [-0.15, -0.1) is 0 Å². The number of aliphatic carboxylic acids is 1. The molecule has 1 atom stereocenters. The molecule has 0 saturated carbocycles. The molecular formula is C11H14N4O5. The highest BCUT2D eigenvalue weighted by Crippen LogP contribution is 2.17. The number of nitrogens with zero attached hydrogens (tertiary/aromatic N) is 4. The molecule has 1 aliphatic rings. The molecule has 1 N–H and O–H groups in total. The van der Waals surface area contributed by atoms with Gasteiger partial charge in [0.05, 0.1) is 10.8 Å². The molecule has 1 aromatic heterocycles. The lowest BCUT2D eigenvalue weighted by Gasteiger charge is -2.30. The number of carbonyl (C=O) groups excluding carboxylic acids is 1. The Labute approximate surface area is 113 Å². The van der Waals surface area contributed by atoms with Gasteiger partial charge in [-0.3, -0.25) is 24.4 Å². The Bertz CT molecular complexity index is 541. The van der Waals surface area contributed by atoms with Crippen LogP contribution in [0.5, 0.6) is 0 Å². The van der Waals surface area contributed by atoms with Crippen LogP contribution < -0.4 is 0 Å². The zero-order chi connectivity index (χ0) is 14.7. The number of nitro groups is 1. The van der Waals surface area contributed by atoms with Crippen molar-refractivity contribution >= 4 is 17.6 Å². The topological polar surface area (TPSA) is 119 Å². The number of rotatable bonds is 4. The summed E-state index contributed by atoms with van der Waals surface area (Å²) in [4.78, 5) is 34.3. The van der Waals surface area contributed by atoms with E-state index in [0.717, 1.165) is 6.20 Å². The lowest BCUT2D eigenvalue weighted by molar-refractivity contribution is -0.385. The molecule has 0 radical (unpaired) electrons. The molecule has 0 aliphatic carbocycles. The summed E-state index contributed by atoms with van der Waals surface area (Å²) in [5.41, 5.74) is -0.181. The summed E-state index contributed by atoms with van der Waals surface area (Å²) in [5, 5.41) is 23.2. The standard InChI is InChI=1S/C11H14N4O5/c16-10(7-14-6-9(4-12-14)15(19)20)13-3-1-2-8(5-13)11(17)18/h4,6,8H,1-3,5,7H2,(H,17,18)/t8-/m1/s1. The van der Waals surface area contributed by atoms with Gasteiger partial charge in [-0.2, -0.15) is 5.10 Å². The van der Waals surface area contributed by atoms with E-state index in [9.17, 15) is 19.7 Å². The number of hydrogen-bond acceptors (Lipinski definition) is 5. The van der Waals surface area contributed by atoms with Crippen LogP contribution in [0.2, 0.25) is 0 Å². The second kappa shape index (κ2) is 5.68. The van der Waals surface area contributed by atoms with Crippen LogP contribution in [0.4, 0.5) is 5.69 Å². The molecule has 0 aromatic carbocycles. The van der Waals surface area contributed by atoms with Gasteiger partial charge in [0.15, 0.2) is 0 Å². The minimum absolute atomic E-state index is 0.125. The number of likely N-dealkylation sites (tertiary alicyclic amines) is 1. The van der Waals surface area contributed by atoms with E-state index in [0.29, 0.717) is 19.4 Å². The van der Waals surface area contributed by atoms with E-state index in [4.69, 9.17) is 5.11 Å². The average molecular weight is 282 g/mol. The molecule has 9 heteroatoms. The normalized spacial score (nSPS) is 18.8. The van der Waals surface area contributed by atoms with Gasteiger partial charge < -0.3 is 10.0 Å². The van der Waals surface area contributed by atoms with Crippen LogP contribution in [0.15, 0.2) is 12.4 Å². The monoisotopic (exact) mass is 282 g/mol. The lowest BCUT2D eigenvalue weighted by Crippen LogP contribution is -2.43. The van der Waals surface area contributed by atoms with Crippen LogP contribution in [0.3, 0.4) is 0 Å². The fourth-order valence-corrected chi connectivity index (χ4v) is 2.18. The van der Waals surface area contributed by atoms with Gasteiger partial charge in [0.2, 0.25) is 5.91 Å². The van der Waals surface area contributed by atoms with Crippen LogP contribution in [0.1, 0.15) is 12.8 Å². The van der Waals surface area contributed by atoms with Gasteiger partial charge >= 0.3 is 11.7 Å². The molecule has 1 fully saturated rings. The van der Waals surface area contributed by atoms with Crippen molar-refractivity contribution in [1.82, 2.24) is 14.7 Å². The highest BCUT2D eigenvalue weighted by Gasteiger charge is 2.28. The van der Waals surface area contributed by atoms with Gasteiger partial charge in [0.25, 0.3) is 0 Å². The van der Waals surface area contributed by atoms with E-state index in [-0.39, 0.29) is 24.7 Å². The van der Waals surface area contributed by atoms with E-state index < -0.39 is 16.8 Å². The fourth-order valence-electron chi connectivity index (χ4n) is 2.18. The molecule has 0 spiro atoms. The first-order valence-corrected chi connectivity index (χ1v) is 6.15. The van der Waals surface area contributed by atoms with Gasteiger partial charge in [-0.25, -0.2) is 0 Å². The van der Waals surface area contributed by atoms with E-state index in [1.165, 1.54) is 15.8 Å². The predicted molar refractivity (Wildman–Crippen MR) is 65.8 cm³/mol. The Hall–Kier alpha value is -2.45. The van der Waals surface area contributed by atoms with Crippen molar-refractivity contribution < 1.29 is 19.6 Å². The van der Waals surface area contributed by atoms with E-state index in [1.54, 1.807) is 0 Å². The van der Waals surface area contributed by atoms with Gasteiger partial charge in [-0.1, -0.05) is 0 Å². The zero-order valence-electron chi connectivity index (χ0n) is 10.6. The summed E-state index contributed by atoms with van der Waals surface area (Å²) in [6.07, 6.45) is 3.45. The third kappa shape index (κ3) is 3.11. The molecule has 20 heavy (non-hydrogen) atoms. The maximum absolute atomic E-state index is 12.0. The molecule has 1 aromatic rings. The number of carboxylic acids is 1. The van der Waals surface area contributed by atoms with Gasteiger partial charge in [-0.05, 0) is 12.8 Å². The van der Waals surface area contributed by atoms with Crippen LogP contribution in [-0.4, -0.2) is 49.7 Å². The predicted octanol–water partition coefficient (Wildman–Crippen LogP) is 0.114. The summed E-state index contributed by atoms with van der Waals surface area (Å²) >= 11 is 0. The molecule has 2 heterocycles. The van der Waals surface area contributed by atoms with Crippen molar-refractivity contribution in [3.05, 3.63) is 22.5 Å². The van der Waals surface area contributed by atoms with Crippen molar-refractivity contribution in [3.63, 3.8) is 0 Å². The highest BCUT2D eigenvalue weighted by atomic mass is 16.6. The Morgan fingerprint density at radius 3 is 2.90 bits per heavy atom. The number of piperidine rings is 1. The Morgan fingerprint density at radius 2 is 2.30 bits per heavy atom. The van der Waals surface area contributed by atoms with E-state index in [1.807, 2.05) is 0 Å². The summed E-state index contributed by atoms with van der Waals surface area (Å²) in [5.74, 6) is -1.73. The second-order valence-electron chi connectivity index (χ2n) is 4.67. The molecular weight excluding hydrogens is 268 g/mol. The third-order valence-corrected chi connectivity index (χ3v) is 3.25. The van der Waals surface area contributed by atoms with Crippen molar-refractivity contribution in [2.24, 2.45) is 5.92 Å². The van der Waals surface area contributed by atoms with Crippen molar-refractivity contribution in [1.29, 1.82) is 0 Å². The molecule has 9 nitrogen and oxygen atoms in total. The van der Waals surface area contributed by atoms with Crippen LogP contribution in [0, 0.1) is 16.0 Å². The Balaban J connectivity index is 1.96. The van der Waals surface area contributed by atoms with Crippen LogP contribution >= 0.6 is 0 Å². The largest absolute Gasteiger partial charge is 0.481 e. The van der Waals surface area contributed by atoms with Gasteiger partial charge in [0, 0.05) is 13.1 Å². The minimum atomic E-state index is -0.905. The number of hydrogen-bond donors (Lipinski definition) is 1. The minimum Gasteiger partial charge on any atom is -0.481 e. The first kappa shape index (κ1) is 14.0. The molecule has 1 amide bonds. The maximum atomic E-state index is 12.0. The van der Waals surface area contributed by atoms with Crippen LogP contribution in [-0.2, 0) is 16.1 Å². The molecule has 0 unspecified atom stereocenters.